The Balaban J connectivity index is 1.90. The molecule has 0 aromatic heterocycles. The zero-order valence-corrected chi connectivity index (χ0v) is 15.1. The second-order valence-electron chi connectivity index (χ2n) is 6.51. The van der Waals surface area contributed by atoms with Crippen molar-refractivity contribution in [1.29, 1.82) is 0 Å². The molecule has 3 N–H and O–H groups in total. The van der Waals surface area contributed by atoms with Gasteiger partial charge in [-0.25, -0.2) is 4.79 Å². The van der Waals surface area contributed by atoms with Gasteiger partial charge in [-0.15, -0.1) is 0 Å². The Morgan fingerprint density at radius 2 is 1.65 bits per heavy atom. The molecule has 4 unspecified atom stereocenters. The first kappa shape index (κ1) is 16.9. The van der Waals surface area contributed by atoms with E-state index in [-0.39, 0.29) is 0 Å². The van der Waals surface area contributed by atoms with Crippen LogP contribution in [0.1, 0.15) is 17.2 Å². The van der Waals surface area contributed by atoms with Gasteiger partial charge < -0.3 is 5.11 Å². The van der Waals surface area contributed by atoms with Crippen LogP contribution in [0.15, 0.2) is 59.1 Å². The Morgan fingerprint density at radius 3 is 2.27 bits per heavy atom. The van der Waals surface area contributed by atoms with Crippen LogP contribution < -0.4 is 10.6 Å². The van der Waals surface area contributed by atoms with Gasteiger partial charge in [0.25, 0.3) is 0 Å². The van der Waals surface area contributed by atoms with E-state index in [1.807, 2.05) is 24.3 Å². The molecule has 2 amide bonds. The van der Waals surface area contributed by atoms with E-state index in [9.17, 15) is 19.5 Å². The fourth-order valence-corrected chi connectivity index (χ4v) is 4.34. The van der Waals surface area contributed by atoms with Crippen LogP contribution >= 0.6 is 15.9 Å². The summed E-state index contributed by atoms with van der Waals surface area (Å²) in [4.78, 5) is 37.4. The topological polar surface area (TPSA) is 95.5 Å². The van der Waals surface area contributed by atoms with Crippen LogP contribution in [-0.2, 0) is 19.9 Å². The first-order valence-electron chi connectivity index (χ1n) is 8.12. The fourth-order valence-electron chi connectivity index (χ4n) is 4.07. The van der Waals surface area contributed by atoms with Gasteiger partial charge in [-0.1, -0.05) is 58.4 Å². The molecule has 2 aromatic carbocycles. The molecule has 132 valence electrons. The summed E-state index contributed by atoms with van der Waals surface area (Å²) >= 11 is 3.37. The zero-order valence-electron chi connectivity index (χ0n) is 13.5. The Morgan fingerprint density at radius 1 is 1.00 bits per heavy atom. The number of imide groups is 1. The molecular weight excluding hydrogens is 400 g/mol. The van der Waals surface area contributed by atoms with Crippen molar-refractivity contribution in [2.24, 2.45) is 11.8 Å². The number of benzene rings is 2. The molecule has 26 heavy (non-hydrogen) atoms. The highest BCUT2D eigenvalue weighted by Gasteiger charge is 2.67. The molecule has 4 atom stereocenters. The van der Waals surface area contributed by atoms with Gasteiger partial charge in [0.05, 0.1) is 11.8 Å². The van der Waals surface area contributed by atoms with Gasteiger partial charge in [-0.3, -0.25) is 20.2 Å². The Labute approximate surface area is 157 Å². The lowest BCUT2D eigenvalue weighted by molar-refractivity contribution is -0.149. The van der Waals surface area contributed by atoms with Crippen molar-refractivity contribution < 1.29 is 19.5 Å². The molecule has 2 heterocycles. The standard InChI is InChI=1S/C19H15BrN2O4/c20-12-8-6-10(7-9-12)15-13-14(17(24)21-16(13)23)19(22-15,18(25)26)11-4-2-1-3-5-11/h1-9,13-15,22H,(H,25,26)(H,21,23,24). The van der Waals surface area contributed by atoms with Crippen molar-refractivity contribution in [1.82, 2.24) is 10.6 Å². The van der Waals surface area contributed by atoms with Gasteiger partial charge in [0.1, 0.15) is 0 Å². The van der Waals surface area contributed by atoms with Crippen molar-refractivity contribution in [2.75, 3.05) is 0 Å². The summed E-state index contributed by atoms with van der Waals surface area (Å²) in [5, 5.41) is 15.6. The van der Waals surface area contributed by atoms with Gasteiger partial charge in [0.15, 0.2) is 5.54 Å². The summed E-state index contributed by atoms with van der Waals surface area (Å²) in [5.74, 6) is -4.00. The van der Waals surface area contributed by atoms with Crippen molar-refractivity contribution in [3.63, 3.8) is 0 Å². The number of halogens is 1. The molecule has 7 heteroatoms. The lowest BCUT2D eigenvalue weighted by Crippen LogP contribution is -2.52. The van der Waals surface area contributed by atoms with Crippen molar-refractivity contribution in [3.8, 4) is 0 Å². The van der Waals surface area contributed by atoms with Crippen LogP contribution in [0.5, 0.6) is 0 Å². The molecule has 2 aliphatic rings. The monoisotopic (exact) mass is 414 g/mol. The molecule has 2 aromatic rings. The van der Waals surface area contributed by atoms with Crippen LogP contribution in [0.2, 0.25) is 0 Å². The summed E-state index contributed by atoms with van der Waals surface area (Å²) in [6.45, 7) is 0. The van der Waals surface area contributed by atoms with Crippen LogP contribution in [0, 0.1) is 11.8 Å². The van der Waals surface area contributed by atoms with E-state index in [0.717, 1.165) is 10.0 Å². The first-order chi connectivity index (χ1) is 12.4. The summed E-state index contributed by atoms with van der Waals surface area (Å²) < 4.78 is 0.871. The van der Waals surface area contributed by atoms with Crippen molar-refractivity contribution in [3.05, 3.63) is 70.2 Å². The Kier molecular flexibility index (Phi) is 3.93. The summed E-state index contributed by atoms with van der Waals surface area (Å²) in [6.07, 6.45) is 0. The van der Waals surface area contributed by atoms with E-state index in [1.54, 1.807) is 30.3 Å². The number of aliphatic carboxylic acids is 1. The lowest BCUT2D eigenvalue weighted by Gasteiger charge is -2.30. The summed E-state index contributed by atoms with van der Waals surface area (Å²) in [7, 11) is 0. The molecule has 0 bridgehead atoms. The van der Waals surface area contributed by atoms with E-state index >= 15 is 0 Å². The maximum atomic E-state index is 12.5. The molecule has 2 fully saturated rings. The molecule has 2 saturated heterocycles. The van der Waals surface area contributed by atoms with Gasteiger partial charge in [-0.05, 0) is 23.3 Å². The third-order valence-electron chi connectivity index (χ3n) is 5.20. The molecule has 6 nitrogen and oxygen atoms in total. The number of hydrogen-bond donors (Lipinski definition) is 3. The smallest absolute Gasteiger partial charge is 0.329 e. The van der Waals surface area contributed by atoms with E-state index in [0.29, 0.717) is 5.56 Å². The third-order valence-corrected chi connectivity index (χ3v) is 5.72. The second-order valence-corrected chi connectivity index (χ2v) is 7.43. The quantitative estimate of drug-likeness (QED) is 0.667. The van der Waals surface area contributed by atoms with E-state index in [2.05, 4.69) is 26.6 Å². The molecule has 0 saturated carbocycles. The minimum absolute atomic E-state index is 0.445. The van der Waals surface area contributed by atoms with E-state index in [4.69, 9.17) is 0 Å². The number of carboxylic acids is 1. The van der Waals surface area contributed by atoms with Gasteiger partial charge >= 0.3 is 5.97 Å². The SMILES string of the molecule is O=C1NC(=O)C2C1C(c1ccc(Br)cc1)NC2(C(=O)O)c1ccccc1. The number of carbonyl (C=O) groups is 3. The fraction of sp³-hybridized carbons (Fsp3) is 0.211. The molecule has 2 aliphatic heterocycles. The number of fused-ring (bicyclic) bond motifs is 1. The largest absolute Gasteiger partial charge is 0.480 e. The van der Waals surface area contributed by atoms with E-state index < -0.39 is 41.2 Å². The van der Waals surface area contributed by atoms with Crippen LogP contribution in [0.4, 0.5) is 0 Å². The van der Waals surface area contributed by atoms with Gasteiger partial charge in [0.2, 0.25) is 11.8 Å². The van der Waals surface area contributed by atoms with Crippen LogP contribution in [0.25, 0.3) is 0 Å². The minimum Gasteiger partial charge on any atom is -0.480 e. The first-order valence-corrected chi connectivity index (χ1v) is 8.91. The van der Waals surface area contributed by atoms with Crippen LogP contribution in [-0.4, -0.2) is 22.9 Å². The lowest BCUT2D eigenvalue weighted by atomic mass is 9.75. The number of nitrogens with one attached hydrogen (secondary N) is 2. The maximum Gasteiger partial charge on any atom is 0.329 e. The Bertz CT molecular complexity index is 900. The molecule has 4 rings (SSSR count). The maximum absolute atomic E-state index is 12.5. The Hall–Kier alpha value is -2.51. The average molecular weight is 415 g/mol. The molecule has 0 spiro atoms. The average Bonchev–Trinajstić information content (AvgIpc) is 3.14. The third kappa shape index (κ3) is 2.31. The van der Waals surface area contributed by atoms with Crippen molar-refractivity contribution in [2.45, 2.75) is 11.6 Å². The van der Waals surface area contributed by atoms with Gasteiger partial charge in [-0.2, -0.15) is 0 Å². The summed E-state index contributed by atoms with van der Waals surface area (Å²) in [6, 6.07) is 15.2. The number of hydrogen-bond acceptors (Lipinski definition) is 4. The normalized spacial score (nSPS) is 30.1. The van der Waals surface area contributed by atoms with Crippen LogP contribution in [0.3, 0.4) is 0 Å². The number of amides is 2. The number of carbonyl (C=O) groups excluding carboxylic acids is 2. The highest BCUT2D eigenvalue weighted by Crippen LogP contribution is 2.50. The predicted octanol–water partition coefficient (Wildman–Crippen LogP) is 1.96. The minimum atomic E-state index is -1.67. The van der Waals surface area contributed by atoms with Crippen molar-refractivity contribution >= 4 is 33.7 Å². The van der Waals surface area contributed by atoms with E-state index in [1.165, 1.54) is 0 Å². The highest BCUT2D eigenvalue weighted by molar-refractivity contribution is 9.10. The highest BCUT2D eigenvalue weighted by atomic mass is 79.9. The summed E-state index contributed by atoms with van der Waals surface area (Å²) in [5.41, 5.74) is -0.459. The molecule has 0 aliphatic carbocycles. The second kappa shape index (κ2) is 6.03. The number of carboxylic acid groups (broad SMARTS) is 1. The van der Waals surface area contributed by atoms with Gasteiger partial charge in [0, 0.05) is 10.5 Å². The zero-order chi connectivity index (χ0) is 18.5. The molecule has 0 radical (unpaired) electrons. The number of rotatable bonds is 3. The molecular formula is C19H15BrN2O4. The predicted molar refractivity (Wildman–Crippen MR) is 95.9 cm³/mol.